The van der Waals surface area contributed by atoms with E-state index in [-0.39, 0.29) is 18.1 Å². The molecule has 0 saturated carbocycles. The molecular weight excluding hydrogens is 360 g/mol. The average Bonchev–Trinajstić information content (AvgIpc) is 3.14. The lowest BCUT2D eigenvalue weighted by atomic mass is 10.1. The van der Waals surface area contributed by atoms with Crippen LogP contribution in [-0.4, -0.2) is 24.5 Å². The van der Waals surface area contributed by atoms with Crippen molar-refractivity contribution in [3.63, 3.8) is 0 Å². The number of carbonyl (C=O) groups excluding carboxylic acids is 3. The van der Waals surface area contributed by atoms with Crippen LogP contribution in [0.25, 0.3) is 6.08 Å². The highest BCUT2D eigenvalue weighted by molar-refractivity contribution is 7.16. The second-order valence-electron chi connectivity index (χ2n) is 5.00. The van der Waals surface area contributed by atoms with E-state index >= 15 is 0 Å². The Morgan fingerprint density at radius 1 is 1.28 bits per heavy atom. The molecular formula is C17H18N2O4S2. The molecule has 0 fully saturated rings. The fraction of sp³-hybridized carbons (Fsp3) is 0.235. The predicted octanol–water partition coefficient (Wildman–Crippen LogP) is 3.96. The standard InChI is InChI=1S/C17H18N2O4S2/c1-4-23-17(22)19-15(21)14-10(2)11(3)25-16(14)18-13(20)8-7-12-6-5-9-24-12/h5-9H,4H2,1-3H3,(H,18,20)(H,19,21,22)/b8-7+. The van der Waals surface area contributed by atoms with E-state index < -0.39 is 12.0 Å². The largest absolute Gasteiger partial charge is 0.450 e. The van der Waals surface area contributed by atoms with E-state index in [1.807, 2.05) is 24.4 Å². The van der Waals surface area contributed by atoms with Crippen molar-refractivity contribution in [2.24, 2.45) is 0 Å². The molecule has 3 amide bonds. The van der Waals surface area contributed by atoms with Crippen molar-refractivity contribution in [2.45, 2.75) is 20.8 Å². The molecule has 2 aromatic heterocycles. The predicted molar refractivity (Wildman–Crippen MR) is 100 cm³/mol. The molecule has 2 aromatic rings. The summed E-state index contributed by atoms with van der Waals surface area (Å²) >= 11 is 2.80. The van der Waals surface area contributed by atoms with Crippen molar-refractivity contribution in [1.29, 1.82) is 0 Å². The fourth-order valence-electron chi connectivity index (χ4n) is 2.01. The number of anilines is 1. The number of hydrogen-bond acceptors (Lipinski definition) is 6. The Kier molecular flexibility index (Phi) is 6.49. The summed E-state index contributed by atoms with van der Waals surface area (Å²) < 4.78 is 4.72. The van der Waals surface area contributed by atoms with Gasteiger partial charge in [-0.25, -0.2) is 4.79 Å². The maximum Gasteiger partial charge on any atom is 0.414 e. The highest BCUT2D eigenvalue weighted by Gasteiger charge is 2.22. The van der Waals surface area contributed by atoms with Gasteiger partial charge in [-0.15, -0.1) is 22.7 Å². The first-order chi connectivity index (χ1) is 11.9. The summed E-state index contributed by atoms with van der Waals surface area (Å²) in [6.07, 6.45) is 2.29. The van der Waals surface area contributed by atoms with Gasteiger partial charge in [0.05, 0.1) is 12.2 Å². The summed E-state index contributed by atoms with van der Waals surface area (Å²) in [6.45, 7) is 5.43. The maximum absolute atomic E-state index is 12.3. The summed E-state index contributed by atoms with van der Waals surface area (Å²) in [4.78, 5) is 37.8. The first-order valence-corrected chi connectivity index (χ1v) is 9.22. The topological polar surface area (TPSA) is 84.5 Å². The molecule has 0 aromatic carbocycles. The summed E-state index contributed by atoms with van der Waals surface area (Å²) in [6, 6.07) is 3.79. The number of carbonyl (C=O) groups is 3. The van der Waals surface area contributed by atoms with Crippen LogP contribution in [-0.2, 0) is 9.53 Å². The number of nitrogens with one attached hydrogen (secondary N) is 2. The van der Waals surface area contributed by atoms with E-state index in [4.69, 9.17) is 4.74 Å². The van der Waals surface area contributed by atoms with Crippen molar-refractivity contribution in [1.82, 2.24) is 5.32 Å². The molecule has 132 valence electrons. The van der Waals surface area contributed by atoms with E-state index in [0.29, 0.717) is 10.6 Å². The van der Waals surface area contributed by atoms with E-state index in [0.717, 1.165) is 9.75 Å². The lowest BCUT2D eigenvalue weighted by Crippen LogP contribution is -2.31. The van der Waals surface area contributed by atoms with Crippen molar-refractivity contribution < 1.29 is 19.1 Å². The molecule has 0 unspecified atom stereocenters. The molecule has 2 heterocycles. The lowest BCUT2D eigenvalue weighted by molar-refractivity contribution is -0.111. The van der Waals surface area contributed by atoms with E-state index in [1.54, 1.807) is 19.9 Å². The van der Waals surface area contributed by atoms with Crippen LogP contribution >= 0.6 is 22.7 Å². The minimum absolute atomic E-state index is 0.165. The van der Waals surface area contributed by atoms with E-state index in [1.165, 1.54) is 28.7 Å². The van der Waals surface area contributed by atoms with Crippen molar-refractivity contribution in [3.8, 4) is 0 Å². The monoisotopic (exact) mass is 378 g/mol. The molecule has 25 heavy (non-hydrogen) atoms. The number of aryl methyl sites for hydroxylation is 1. The highest BCUT2D eigenvalue weighted by Crippen LogP contribution is 2.32. The zero-order valence-electron chi connectivity index (χ0n) is 14.0. The molecule has 0 spiro atoms. The summed E-state index contributed by atoms with van der Waals surface area (Å²) in [7, 11) is 0. The van der Waals surface area contributed by atoms with Crippen LogP contribution in [0.15, 0.2) is 23.6 Å². The third-order valence-corrected chi connectivity index (χ3v) is 5.24. The quantitative estimate of drug-likeness (QED) is 0.771. The van der Waals surface area contributed by atoms with Gasteiger partial charge in [0, 0.05) is 15.8 Å². The number of imide groups is 1. The van der Waals surface area contributed by atoms with Gasteiger partial charge < -0.3 is 10.1 Å². The van der Waals surface area contributed by atoms with Crippen LogP contribution in [0.3, 0.4) is 0 Å². The molecule has 0 aliphatic rings. The minimum atomic E-state index is -0.814. The molecule has 2 N–H and O–H groups in total. The number of thiophene rings is 2. The van der Waals surface area contributed by atoms with Crippen LogP contribution in [0.5, 0.6) is 0 Å². The molecule has 2 rings (SSSR count). The Morgan fingerprint density at radius 2 is 2.04 bits per heavy atom. The van der Waals surface area contributed by atoms with Crippen molar-refractivity contribution in [2.75, 3.05) is 11.9 Å². The Hall–Kier alpha value is -2.45. The Labute approximate surface area is 153 Å². The molecule has 0 atom stereocenters. The van der Waals surface area contributed by atoms with E-state index in [9.17, 15) is 14.4 Å². The molecule has 0 saturated heterocycles. The summed E-state index contributed by atoms with van der Waals surface area (Å²) in [5, 5.41) is 7.18. The SMILES string of the molecule is CCOC(=O)NC(=O)c1c(NC(=O)/C=C/c2cccs2)sc(C)c1C. The van der Waals surface area contributed by atoms with Gasteiger partial charge in [0.1, 0.15) is 5.00 Å². The van der Waals surface area contributed by atoms with Crippen molar-refractivity contribution >= 4 is 51.7 Å². The third-order valence-electron chi connectivity index (χ3n) is 3.28. The zero-order valence-corrected chi connectivity index (χ0v) is 15.7. The van der Waals surface area contributed by atoms with Crippen LogP contribution in [0, 0.1) is 13.8 Å². The molecule has 0 aliphatic heterocycles. The molecule has 6 nitrogen and oxygen atoms in total. The number of alkyl carbamates (subject to hydrolysis) is 1. The minimum Gasteiger partial charge on any atom is -0.450 e. The smallest absolute Gasteiger partial charge is 0.414 e. The highest BCUT2D eigenvalue weighted by atomic mass is 32.1. The van der Waals surface area contributed by atoms with Gasteiger partial charge in [-0.1, -0.05) is 6.07 Å². The zero-order chi connectivity index (χ0) is 18.4. The van der Waals surface area contributed by atoms with Gasteiger partial charge in [0.2, 0.25) is 5.91 Å². The van der Waals surface area contributed by atoms with Crippen LogP contribution < -0.4 is 10.6 Å². The van der Waals surface area contributed by atoms with Gasteiger partial charge in [-0.2, -0.15) is 0 Å². The number of hydrogen-bond donors (Lipinski definition) is 2. The molecule has 8 heteroatoms. The van der Waals surface area contributed by atoms with Gasteiger partial charge in [-0.3, -0.25) is 14.9 Å². The van der Waals surface area contributed by atoms with Crippen LogP contribution in [0.4, 0.5) is 9.80 Å². The lowest BCUT2D eigenvalue weighted by Gasteiger charge is -2.07. The van der Waals surface area contributed by atoms with Gasteiger partial charge in [0.15, 0.2) is 0 Å². The van der Waals surface area contributed by atoms with Crippen LogP contribution in [0.1, 0.15) is 32.6 Å². The summed E-state index contributed by atoms with van der Waals surface area (Å²) in [5.74, 6) is -0.947. The second kappa shape index (κ2) is 8.59. The Bertz CT molecular complexity index is 807. The Morgan fingerprint density at radius 3 is 2.68 bits per heavy atom. The molecule has 0 radical (unpaired) electrons. The van der Waals surface area contributed by atoms with Gasteiger partial charge in [0.25, 0.3) is 5.91 Å². The number of rotatable bonds is 5. The van der Waals surface area contributed by atoms with Gasteiger partial charge in [-0.05, 0) is 43.9 Å². The van der Waals surface area contributed by atoms with Crippen LogP contribution in [0.2, 0.25) is 0 Å². The van der Waals surface area contributed by atoms with Crippen molar-refractivity contribution in [3.05, 3.63) is 44.5 Å². The summed E-state index contributed by atoms with van der Waals surface area (Å²) in [5.41, 5.74) is 0.984. The average molecular weight is 378 g/mol. The molecule has 0 bridgehead atoms. The second-order valence-corrected chi connectivity index (χ2v) is 7.20. The molecule has 0 aliphatic carbocycles. The number of ether oxygens (including phenoxy) is 1. The maximum atomic E-state index is 12.3. The number of amides is 3. The van der Waals surface area contributed by atoms with E-state index in [2.05, 4.69) is 10.6 Å². The first kappa shape index (κ1) is 18.9. The third kappa shape index (κ3) is 5.01. The van der Waals surface area contributed by atoms with Gasteiger partial charge >= 0.3 is 6.09 Å². The normalized spacial score (nSPS) is 10.7. The first-order valence-electron chi connectivity index (χ1n) is 7.53. The fourth-order valence-corrected chi connectivity index (χ4v) is 3.69. The Balaban J connectivity index is 2.15.